The molecule has 2 fully saturated rings. The molecule has 5 heteroatoms. The predicted molar refractivity (Wildman–Crippen MR) is 83.1 cm³/mol. The van der Waals surface area contributed by atoms with Gasteiger partial charge >= 0.3 is 0 Å². The molecule has 21 heavy (non-hydrogen) atoms. The lowest BCUT2D eigenvalue weighted by molar-refractivity contribution is 0.280. The van der Waals surface area contributed by atoms with E-state index < -0.39 is 10.0 Å². The molecule has 2 saturated carbocycles. The van der Waals surface area contributed by atoms with Crippen LogP contribution < -0.4 is 10.5 Å². The zero-order chi connectivity index (χ0) is 15.0. The molecule has 2 bridgehead atoms. The molecule has 4 atom stereocenters. The van der Waals surface area contributed by atoms with Gasteiger partial charge in [-0.3, -0.25) is 0 Å². The number of hydrogen-bond donors (Lipinski definition) is 2. The van der Waals surface area contributed by atoms with Gasteiger partial charge in [0.1, 0.15) is 0 Å². The zero-order valence-corrected chi connectivity index (χ0v) is 13.3. The third-order valence-corrected chi connectivity index (χ3v) is 6.92. The first-order valence-corrected chi connectivity index (χ1v) is 9.30. The Labute approximate surface area is 127 Å². The summed E-state index contributed by atoms with van der Waals surface area (Å²) >= 11 is 0. The van der Waals surface area contributed by atoms with E-state index in [2.05, 4.69) is 4.72 Å². The number of nitrogens with one attached hydrogen (secondary N) is 1. The lowest BCUT2D eigenvalue weighted by Crippen LogP contribution is -2.40. The molecule has 0 amide bonds. The third kappa shape index (κ3) is 2.87. The summed E-state index contributed by atoms with van der Waals surface area (Å²) in [4.78, 5) is 0.322. The van der Waals surface area contributed by atoms with Gasteiger partial charge in [-0.05, 0) is 55.6 Å². The largest absolute Gasteiger partial charge is 0.326 e. The first-order chi connectivity index (χ1) is 10.0. The van der Waals surface area contributed by atoms with Gasteiger partial charge < -0.3 is 5.73 Å². The average Bonchev–Trinajstić information content (AvgIpc) is 3.09. The van der Waals surface area contributed by atoms with E-state index in [0.29, 0.717) is 22.3 Å². The van der Waals surface area contributed by atoms with E-state index >= 15 is 0 Å². The van der Waals surface area contributed by atoms with Crippen LogP contribution in [0.3, 0.4) is 0 Å². The zero-order valence-electron chi connectivity index (χ0n) is 12.5. The molecule has 0 radical (unpaired) electrons. The molecule has 1 aromatic rings. The normalized spacial score (nSPS) is 29.7. The molecule has 0 heterocycles. The van der Waals surface area contributed by atoms with Crippen molar-refractivity contribution in [3.63, 3.8) is 0 Å². The lowest BCUT2D eigenvalue weighted by atomic mass is 9.84. The molecule has 3 rings (SSSR count). The summed E-state index contributed by atoms with van der Waals surface area (Å²) in [5.41, 5.74) is 6.33. The molecule has 0 aliphatic heterocycles. The minimum absolute atomic E-state index is 0.00358. The second-order valence-electron chi connectivity index (χ2n) is 6.56. The van der Waals surface area contributed by atoms with Crippen LogP contribution >= 0.6 is 0 Å². The fourth-order valence-corrected chi connectivity index (χ4v) is 5.78. The Morgan fingerprint density at radius 1 is 1.29 bits per heavy atom. The Morgan fingerprint density at radius 2 is 2.05 bits per heavy atom. The van der Waals surface area contributed by atoms with E-state index in [0.717, 1.165) is 5.92 Å². The minimum Gasteiger partial charge on any atom is -0.326 e. The molecule has 1 aromatic carbocycles. The van der Waals surface area contributed by atoms with Gasteiger partial charge in [-0.2, -0.15) is 0 Å². The van der Waals surface area contributed by atoms with E-state index in [1.165, 1.54) is 25.7 Å². The van der Waals surface area contributed by atoms with Crippen molar-refractivity contribution in [2.45, 2.75) is 50.1 Å². The van der Waals surface area contributed by atoms with Crippen molar-refractivity contribution in [1.29, 1.82) is 0 Å². The maximum Gasteiger partial charge on any atom is 0.241 e. The van der Waals surface area contributed by atoms with Crippen LogP contribution in [-0.2, 0) is 16.6 Å². The second kappa shape index (κ2) is 5.71. The van der Waals surface area contributed by atoms with Crippen LogP contribution in [-0.4, -0.2) is 14.5 Å². The Kier molecular flexibility index (Phi) is 4.08. The maximum absolute atomic E-state index is 12.6. The van der Waals surface area contributed by atoms with Crippen LogP contribution in [0.1, 0.15) is 38.2 Å². The molecule has 3 N–H and O–H groups in total. The number of rotatable bonds is 5. The standard InChI is InChI=1S/C16H24N2O2S/c1-11(15-9-12-6-7-13(15)8-12)18-21(19,20)16-5-3-2-4-14(16)10-17/h2-5,11-13,15,18H,6-10,17H2,1H3. The summed E-state index contributed by atoms with van der Waals surface area (Å²) in [7, 11) is -3.49. The van der Waals surface area contributed by atoms with Crippen molar-refractivity contribution < 1.29 is 8.42 Å². The Morgan fingerprint density at radius 3 is 2.67 bits per heavy atom. The fraction of sp³-hybridized carbons (Fsp3) is 0.625. The van der Waals surface area contributed by atoms with E-state index in [1.807, 2.05) is 13.0 Å². The van der Waals surface area contributed by atoms with E-state index in [9.17, 15) is 8.42 Å². The second-order valence-corrected chi connectivity index (χ2v) is 8.24. The fourth-order valence-electron chi connectivity index (χ4n) is 4.24. The predicted octanol–water partition coefficient (Wildman–Crippen LogP) is 2.25. The summed E-state index contributed by atoms with van der Waals surface area (Å²) in [6, 6.07) is 6.97. The summed E-state index contributed by atoms with van der Waals surface area (Å²) in [6.07, 6.45) is 5.06. The van der Waals surface area contributed by atoms with Crippen LogP contribution in [0.2, 0.25) is 0 Å². The van der Waals surface area contributed by atoms with Crippen LogP contribution in [0, 0.1) is 17.8 Å². The summed E-state index contributed by atoms with van der Waals surface area (Å²) in [6.45, 7) is 2.24. The third-order valence-electron chi connectivity index (χ3n) is 5.26. The minimum atomic E-state index is -3.49. The van der Waals surface area contributed by atoms with Crippen LogP contribution in [0.5, 0.6) is 0 Å². The van der Waals surface area contributed by atoms with Crippen LogP contribution in [0.25, 0.3) is 0 Å². The molecular formula is C16H24N2O2S. The topological polar surface area (TPSA) is 72.2 Å². The van der Waals surface area contributed by atoms with Crippen molar-refractivity contribution in [3.8, 4) is 0 Å². The molecule has 4 unspecified atom stereocenters. The Bertz CT molecular complexity index is 614. The number of fused-ring (bicyclic) bond motifs is 2. The maximum atomic E-state index is 12.6. The quantitative estimate of drug-likeness (QED) is 0.876. The van der Waals surface area contributed by atoms with Gasteiger partial charge in [-0.25, -0.2) is 13.1 Å². The first-order valence-electron chi connectivity index (χ1n) is 7.81. The average molecular weight is 308 g/mol. The van der Waals surface area contributed by atoms with E-state index in [-0.39, 0.29) is 12.6 Å². The number of hydrogen-bond acceptors (Lipinski definition) is 3. The molecule has 0 spiro atoms. The van der Waals surface area contributed by atoms with Gasteiger partial charge in [-0.15, -0.1) is 0 Å². The number of benzene rings is 1. The Hall–Kier alpha value is -0.910. The molecule has 2 aliphatic carbocycles. The summed E-state index contributed by atoms with van der Waals surface area (Å²) in [5.74, 6) is 2.02. The molecule has 0 aromatic heterocycles. The van der Waals surface area contributed by atoms with Crippen molar-refractivity contribution in [2.24, 2.45) is 23.5 Å². The lowest BCUT2D eigenvalue weighted by Gasteiger charge is -2.28. The highest BCUT2D eigenvalue weighted by atomic mass is 32.2. The Balaban J connectivity index is 1.77. The highest BCUT2D eigenvalue weighted by molar-refractivity contribution is 7.89. The van der Waals surface area contributed by atoms with Gasteiger partial charge in [0, 0.05) is 12.6 Å². The monoisotopic (exact) mass is 308 g/mol. The van der Waals surface area contributed by atoms with Crippen LogP contribution in [0.15, 0.2) is 29.2 Å². The molecule has 0 saturated heterocycles. The van der Waals surface area contributed by atoms with Gasteiger partial charge in [0.05, 0.1) is 4.90 Å². The van der Waals surface area contributed by atoms with Gasteiger partial charge in [0.2, 0.25) is 10.0 Å². The van der Waals surface area contributed by atoms with Crippen molar-refractivity contribution in [3.05, 3.63) is 29.8 Å². The molecule has 116 valence electrons. The molecular weight excluding hydrogens is 284 g/mol. The van der Waals surface area contributed by atoms with Gasteiger partial charge in [0.25, 0.3) is 0 Å². The van der Waals surface area contributed by atoms with E-state index in [1.54, 1.807) is 18.2 Å². The van der Waals surface area contributed by atoms with Crippen molar-refractivity contribution in [2.75, 3.05) is 0 Å². The van der Waals surface area contributed by atoms with Crippen LogP contribution in [0.4, 0.5) is 0 Å². The van der Waals surface area contributed by atoms with Crippen molar-refractivity contribution >= 4 is 10.0 Å². The van der Waals surface area contributed by atoms with Gasteiger partial charge in [-0.1, -0.05) is 24.6 Å². The first kappa shape index (κ1) is 15.0. The summed E-state index contributed by atoms with van der Waals surface area (Å²) < 4.78 is 28.1. The summed E-state index contributed by atoms with van der Waals surface area (Å²) in [5, 5.41) is 0. The highest BCUT2D eigenvalue weighted by Gasteiger charge is 2.42. The van der Waals surface area contributed by atoms with Gasteiger partial charge in [0.15, 0.2) is 0 Å². The number of sulfonamides is 1. The SMILES string of the molecule is CC(NS(=O)(=O)c1ccccc1CN)C1CC2CCC1C2. The van der Waals surface area contributed by atoms with E-state index in [4.69, 9.17) is 5.73 Å². The molecule has 2 aliphatic rings. The highest BCUT2D eigenvalue weighted by Crippen LogP contribution is 2.49. The number of nitrogens with two attached hydrogens (primary N) is 1. The van der Waals surface area contributed by atoms with Crippen molar-refractivity contribution in [1.82, 2.24) is 4.72 Å². The smallest absolute Gasteiger partial charge is 0.241 e. The molecule has 4 nitrogen and oxygen atoms in total.